The van der Waals surface area contributed by atoms with Gasteiger partial charge in [0, 0.05) is 5.02 Å². The molecule has 0 aliphatic rings. The number of carbonyl (C=O) groups excluding carboxylic acids is 1. The molecule has 0 aliphatic heterocycles. The molecule has 94 valence electrons. The van der Waals surface area contributed by atoms with Crippen molar-refractivity contribution in [1.29, 1.82) is 0 Å². The van der Waals surface area contributed by atoms with E-state index in [0.717, 1.165) is 0 Å². The van der Waals surface area contributed by atoms with Crippen LogP contribution in [-0.4, -0.2) is 18.6 Å². The number of benzene rings is 1. The van der Waals surface area contributed by atoms with Gasteiger partial charge in [0.15, 0.2) is 6.10 Å². The van der Waals surface area contributed by atoms with Gasteiger partial charge in [0.1, 0.15) is 5.75 Å². The van der Waals surface area contributed by atoms with Crippen LogP contribution in [0.15, 0.2) is 18.2 Å². The first kappa shape index (κ1) is 14.1. The van der Waals surface area contributed by atoms with Gasteiger partial charge in [-0.2, -0.15) is 0 Å². The molecule has 0 saturated heterocycles. The number of nitrogens with one attached hydrogen (secondary N) is 1. The van der Waals surface area contributed by atoms with Gasteiger partial charge in [-0.3, -0.25) is 9.63 Å². The molecule has 1 amide bonds. The number of hydroxylamine groups is 1. The van der Waals surface area contributed by atoms with Crippen molar-refractivity contribution < 1.29 is 14.4 Å². The first-order valence-corrected chi connectivity index (χ1v) is 5.83. The Hall–Kier alpha value is -0.970. The molecule has 0 radical (unpaired) electrons. The number of hydrogen-bond donors (Lipinski definition) is 1. The molecule has 4 nitrogen and oxygen atoms in total. The maximum Gasteiger partial charge on any atom is 0.284 e. The fraction of sp³-hybridized carbons (Fsp3) is 0.364. The monoisotopic (exact) mass is 277 g/mol. The highest BCUT2D eigenvalue weighted by molar-refractivity contribution is 6.35. The molecule has 1 N–H and O–H groups in total. The molecule has 0 heterocycles. The minimum Gasteiger partial charge on any atom is -0.479 e. The summed E-state index contributed by atoms with van der Waals surface area (Å²) in [6, 6.07) is 4.79. The lowest BCUT2D eigenvalue weighted by molar-refractivity contribution is -0.139. The number of rotatable bonds is 5. The summed E-state index contributed by atoms with van der Waals surface area (Å²) in [5.74, 6) is 0.0214. The number of amides is 1. The molecule has 17 heavy (non-hydrogen) atoms. The molecule has 0 aliphatic carbocycles. The Balaban J connectivity index is 2.61. The van der Waals surface area contributed by atoms with Gasteiger partial charge in [-0.15, -0.1) is 0 Å². The quantitative estimate of drug-likeness (QED) is 0.842. The second kappa shape index (κ2) is 6.69. The zero-order valence-electron chi connectivity index (χ0n) is 9.50. The maximum atomic E-state index is 11.5. The molecule has 0 aromatic heterocycles. The van der Waals surface area contributed by atoms with Crippen molar-refractivity contribution in [3.8, 4) is 5.75 Å². The third-order valence-corrected chi connectivity index (χ3v) is 2.41. The lowest BCUT2D eigenvalue weighted by Gasteiger charge is -2.15. The van der Waals surface area contributed by atoms with Crippen LogP contribution in [0, 0.1) is 0 Å². The Morgan fingerprint density at radius 3 is 2.76 bits per heavy atom. The van der Waals surface area contributed by atoms with Gasteiger partial charge in [0.25, 0.3) is 5.91 Å². The molecule has 0 unspecified atom stereocenters. The molecule has 1 aromatic rings. The molecule has 0 fully saturated rings. The predicted molar refractivity (Wildman–Crippen MR) is 66.3 cm³/mol. The maximum absolute atomic E-state index is 11.5. The van der Waals surface area contributed by atoms with E-state index in [2.05, 4.69) is 5.48 Å². The van der Waals surface area contributed by atoms with Crippen molar-refractivity contribution in [3.63, 3.8) is 0 Å². The summed E-state index contributed by atoms with van der Waals surface area (Å²) in [4.78, 5) is 16.2. The van der Waals surface area contributed by atoms with E-state index in [1.165, 1.54) is 0 Å². The summed E-state index contributed by atoms with van der Waals surface area (Å²) in [7, 11) is 0. The van der Waals surface area contributed by atoms with E-state index in [1.54, 1.807) is 32.0 Å². The van der Waals surface area contributed by atoms with Crippen LogP contribution in [0.4, 0.5) is 0 Å². The van der Waals surface area contributed by atoms with Gasteiger partial charge in [-0.1, -0.05) is 23.2 Å². The number of halogens is 2. The highest BCUT2D eigenvalue weighted by atomic mass is 35.5. The van der Waals surface area contributed by atoms with E-state index in [1.807, 2.05) is 0 Å². The Morgan fingerprint density at radius 1 is 1.47 bits per heavy atom. The van der Waals surface area contributed by atoms with Crippen LogP contribution in [0.25, 0.3) is 0 Å². The lowest BCUT2D eigenvalue weighted by atomic mass is 10.3. The molecule has 0 bridgehead atoms. The zero-order valence-corrected chi connectivity index (χ0v) is 11.0. The van der Waals surface area contributed by atoms with E-state index in [9.17, 15) is 4.79 Å². The average molecular weight is 278 g/mol. The topological polar surface area (TPSA) is 47.6 Å². The third kappa shape index (κ3) is 4.42. The van der Waals surface area contributed by atoms with Crippen LogP contribution in [0.1, 0.15) is 13.8 Å². The SMILES string of the molecule is CCONC(=O)[C@H](C)Oc1ccc(Cl)cc1Cl. The van der Waals surface area contributed by atoms with Crippen molar-refractivity contribution in [2.45, 2.75) is 20.0 Å². The fourth-order valence-electron chi connectivity index (χ4n) is 1.04. The fourth-order valence-corrected chi connectivity index (χ4v) is 1.49. The standard InChI is InChI=1S/C11H13Cl2NO3/c1-3-16-14-11(15)7(2)17-10-5-4-8(12)6-9(10)13/h4-7H,3H2,1-2H3,(H,14,15)/t7-/m0/s1. The third-order valence-electron chi connectivity index (χ3n) is 1.88. The summed E-state index contributed by atoms with van der Waals surface area (Å²) in [5.41, 5.74) is 2.25. The van der Waals surface area contributed by atoms with E-state index >= 15 is 0 Å². The molecule has 0 saturated carbocycles. The van der Waals surface area contributed by atoms with Crippen LogP contribution in [-0.2, 0) is 9.63 Å². The summed E-state index contributed by atoms with van der Waals surface area (Å²) in [5, 5.41) is 0.863. The van der Waals surface area contributed by atoms with Crippen molar-refractivity contribution in [2.24, 2.45) is 0 Å². The Bertz CT molecular complexity index is 398. The summed E-state index contributed by atoms with van der Waals surface area (Å²) in [6.07, 6.45) is -0.708. The van der Waals surface area contributed by atoms with Gasteiger partial charge < -0.3 is 4.74 Å². The van der Waals surface area contributed by atoms with Crippen molar-refractivity contribution in [1.82, 2.24) is 5.48 Å². The van der Waals surface area contributed by atoms with E-state index < -0.39 is 6.10 Å². The summed E-state index contributed by atoms with van der Waals surface area (Å²) in [6.45, 7) is 3.75. The highest BCUT2D eigenvalue weighted by Gasteiger charge is 2.16. The second-order valence-corrected chi connectivity index (χ2v) is 4.08. The van der Waals surface area contributed by atoms with Crippen LogP contribution in [0.3, 0.4) is 0 Å². The highest BCUT2D eigenvalue weighted by Crippen LogP contribution is 2.28. The van der Waals surface area contributed by atoms with E-state index in [-0.39, 0.29) is 5.91 Å². The number of hydrogen-bond acceptors (Lipinski definition) is 3. The predicted octanol–water partition coefficient (Wildman–Crippen LogP) is 2.83. The minimum atomic E-state index is -0.708. The molecule has 1 rings (SSSR count). The number of carbonyl (C=O) groups is 1. The summed E-state index contributed by atoms with van der Waals surface area (Å²) < 4.78 is 5.38. The van der Waals surface area contributed by atoms with Gasteiger partial charge in [-0.25, -0.2) is 5.48 Å². The van der Waals surface area contributed by atoms with Crippen LogP contribution < -0.4 is 10.2 Å². The minimum absolute atomic E-state index is 0.355. The first-order valence-electron chi connectivity index (χ1n) is 5.08. The molecule has 1 aromatic carbocycles. The first-order chi connectivity index (χ1) is 8.04. The largest absolute Gasteiger partial charge is 0.479 e. The molecule has 6 heteroatoms. The van der Waals surface area contributed by atoms with Crippen LogP contribution in [0.5, 0.6) is 5.75 Å². The van der Waals surface area contributed by atoms with E-state index in [0.29, 0.717) is 22.4 Å². The smallest absolute Gasteiger partial charge is 0.284 e. The lowest BCUT2D eigenvalue weighted by Crippen LogP contribution is -2.36. The van der Waals surface area contributed by atoms with Crippen LogP contribution >= 0.6 is 23.2 Å². The molecule has 1 atom stereocenters. The summed E-state index contributed by atoms with van der Waals surface area (Å²) >= 11 is 11.7. The van der Waals surface area contributed by atoms with Gasteiger partial charge in [0.05, 0.1) is 11.6 Å². The molecular formula is C11H13Cl2NO3. The Kier molecular flexibility index (Phi) is 5.55. The molecule has 0 spiro atoms. The normalized spacial score (nSPS) is 12.0. The van der Waals surface area contributed by atoms with E-state index in [4.69, 9.17) is 32.8 Å². The average Bonchev–Trinajstić information content (AvgIpc) is 2.29. The number of ether oxygens (including phenoxy) is 1. The van der Waals surface area contributed by atoms with Crippen molar-refractivity contribution >= 4 is 29.1 Å². The van der Waals surface area contributed by atoms with Crippen molar-refractivity contribution in [3.05, 3.63) is 28.2 Å². The second-order valence-electron chi connectivity index (χ2n) is 3.23. The van der Waals surface area contributed by atoms with Crippen LogP contribution in [0.2, 0.25) is 10.0 Å². The van der Waals surface area contributed by atoms with Gasteiger partial charge in [-0.05, 0) is 32.0 Å². The van der Waals surface area contributed by atoms with Gasteiger partial charge in [0.2, 0.25) is 0 Å². The Labute approximate surface area is 110 Å². The zero-order chi connectivity index (χ0) is 12.8. The Morgan fingerprint density at radius 2 is 2.18 bits per heavy atom. The van der Waals surface area contributed by atoms with Gasteiger partial charge >= 0.3 is 0 Å². The molecular weight excluding hydrogens is 265 g/mol. The van der Waals surface area contributed by atoms with Crippen molar-refractivity contribution in [2.75, 3.05) is 6.61 Å².